The number of benzene rings is 1. The molecular formula is C11H10N6O. The molecule has 3 rings (SSSR count). The Hall–Kier alpha value is -2.70. The monoisotopic (exact) mass is 242 g/mol. The van der Waals surface area contributed by atoms with Gasteiger partial charge in [0.15, 0.2) is 0 Å². The standard InChI is InChI=1S/C11H10N6O/c1-13-10(18)9-6-3-2-5-4-14-11(12)15-7(5)8(6)16-17-9/h2-4H,1H3,(H,13,18)(H,16,17)(H2,12,14,15). The van der Waals surface area contributed by atoms with Gasteiger partial charge in [-0.05, 0) is 6.07 Å². The maximum atomic E-state index is 11.7. The second-order valence-electron chi connectivity index (χ2n) is 3.81. The van der Waals surface area contributed by atoms with Gasteiger partial charge in [-0.15, -0.1) is 0 Å². The summed E-state index contributed by atoms with van der Waals surface area (Å²) in [5.74, 6) is -0.0432. The van der Waals surface area contributed by atoms with Crippen LogP contribution in [-0.2, 0) is 0 Å². The van der Waals surface area contributed by atoms with Crippen LogP contribution < -0.4 is 11.1 Å². The molecule has 18 heavy (non-hydrogen) atoms. The fraction of sp³-hybridized carbons (Fsp3) is 0.0909. The third kappa shape index (κ3) is 1.37. The highest BCUT2D eigenvalue weighted by atomic mass is 16.1. The van der Waals surface area contributed by atoms with Crippen LogP contribution in [0.5, 0.6) is 0 Å². The molecule has 0 spiro atoms. The van der Waals surface area contributed by atoms with E-state index >= 15 is 0 Å². The lowest BCUT2D eigenvalue weighted by Crippen LogP contribution is -2.18. The Morgan fingerprint density at radius 1 is 1.39 bits per heavy atom. The van der Waals surface area contributed by atoms with Crippen molar-refractivity contribution in [1.29, 1.82) is 0 Å². The summed E-state index contributed by atoms with van der Waals surface area (Å²) in [6, 6.07) is 3.64. The van der Waals surface area contributed by atoms with Crippen LogP contribution in [0.15, 0.2) is 18.3 Å². The van der Waals surface area contributed by atoms with Gasteiger partial charge in [0.25, 0.3) is 5.91 Å². The minimum atomic E-state index is -0.223. The van der Waals surface area contributed by atoms with E-state index in [4.69, 9.17) is 5.73 Å². The van der Waals surface area contributed by atoms with Gasteiger partial charge >= 0.3 is 0 Å². The zero-order chi connectivity index (χ0) is 12.7. The number of fused-ring (bicyclic) bond motifs is 3. The predicted octanol–water partition coefficient (Wildman–Crippen LogP) is 0.448. The first kappa shape index (κ1) is 10.5. The minimum Gasteiger partial charge on any atom is -0.368 e. The highest BCUT2D eigenvalue weighted by Crippen LogP contribution is 2.24. The van der Waals surface area contributed by atoms with E-state index in [2.05, 4.69) is 25.5 Å². The van der Waals surface area contributed by atoms with E-state index in [-0.39, 0.29) is 11.9 Å². The molecule has 2 heterocycles. The Balaban J connectivity index is 2.39. The predicted molar refractivity (Wildman–Crippen MR) is 67.0 cm³/mol. The maximum Gasteiger partial charge on any atom is 0.269 e. The third-order valence-corrected chi connectivity index (χ3v) is 2.75. The van der Waals surface area contributed by atoms with Crippen LogP contribution >= 0.6 is 0 Å². The first-order chi connectivity index (χ1) is 8.70. The van der Waals surface area contributed by atoms with Gasteiger partial charge in [0.2, 0.25) is 5.95 Å². The van der Waals surface area contributed by atoms with Crippen molar-refractivity contribution in [2.24, 2.45) is 0 Å². The van der Waals surface area contributed by atoms with Gasteiger partial charge < -0.3 is 11.1 Å². The second kappa shape index (κ2) is 3.66. The fourth-order valence-electron chi connectivity index (χ4n) is 1.88. The van der Waals surface area contributed by atoms with E-state index < -0.39 is 0 Å². The summed E-state index contributed by atoms with van der Waals surface area (Å²) in [4.78, 5) is 19.7. The van der Waals surface area contributed by atoms with E-state index in [0.717, 1.165) is 5.39 Å². The largest absolute Gasteiger partial charge is 0.368 e. The molecule has 4 N–H and O–H groups in total. The van der Waals surface area contributed by atoms with Gasteiger partial charge in [-0.1, -0.05) is 6.07 Å². The highest BCUT2D eigenvalue weighted by Gasteiger charge is 2.14. The summed E-state index contributed by atoms with van der Waals surface area (Å²) < 4.78 is 0. The normalized spacial score (nSPS) is 10.9. The number of carbonyl (C=O) groups excluding carboxylic acids is 1. The topological polar surface area (TPSA) is 110 Å². The van der Waals surface area contributed by atoms with Gasteiger partial charge in [-0.25, -0.2) is 9.97 Å². The van der Waals surface area contributed by atoms with E-state index in [9.17, 15) is 4.79 Å². The number of nitrogens with zero attached hydrogens (tertiary/aromatic N) is 3. The molecular weight excluding hydrogens is 232 g/mol. The van der Waals surface area contributed by atoms with Crippen molar-refractivity contribution in [2.75, 3.05) is 12.8 Å². The second-order valence-corrected chi connectivity index (χ2v) is 3.81. The zero-order valence-corrected chi connectivity index (χ0v) is 9.56. The lowest BCUT2D eigenvalue weighted by atomic mass is 10.1. The van der Waals surface area contributed by atoms with Crippen LogP contribution in [0, 0.1) is 0 Å². The average molecular weight is 242 g/mol. The molecule has 0 bridgehead atoms. The van der Waals surface area contributed by atoms with Crippen molar-refractivity contribution in [2.45, 2.75) is 0 Å². The first-order valence-electron chi connectivity index (χ1n) is 5.32. The summed E-state index contributed by atoms with van der Waals surface area (Å²) in [5.41, 5.74) is 7.22. The average Bonchev–Trinajstić information content (AvgIpc) is 2.82. The quantitative estimate of drug-likeness (QED) is 0.573. The van der Waals surface area contributed by atoms with Crippen LogP contribution in [0.2, 0.25) is 0 Å². The molecule has 90 valence electrons. The number of hydrogen-bond acceptors (Lipinski definition) is 5. The molecule has 0 fully saturated rings. The number of H-pyrrole nitrogens is 1. The number of nitrogens with two attached hydrogens (primary N) is 1. The molecule has 0 radical (unpaired) electrons. The number of nitrogens with one attached hydrogen (secondary N) is 2. The molecule has 0 saturated carbocycles. The van der Waals surface area contributed by atoms with Crippen LogP contribution in [-0.4, -0.2) is 33.1 Å². The first-order valence-corrected chi connectivity index (χ1v) is 5.32. The van der Waals surface area contributed by atoms with Gasteiger partial charge in [0.05, 0.1) is 0 Å². The molecule has 7 nitrogen and oxygen atoms in total. The summed E-state index contributed by atoms with van der Waals surface area (Å²) in [5, 5.41) is 10.9. The van der Waals surface area contributed by atoms with E-state index in [0.29, 0.717) is 22.1 Å². The van der Waals surface area contributed by atoms with Crippen molar-refractivity contribution in [3.05, 3.63) is 24.0 Å². The van der Waals surface area contributed by atoms with Crippen LogP contribution in [0.25, 0.3) is 21.8 Å². The molecule has 0 saturated heterocycles. The molecule has 1 amide bonds. The third-order valence-electron chi connectivity index (χ3n) is 2.75. The lowest BCUT2D eigenvalue weighted by Gasteiger charge is -1.99. The smallest absolute Gasteiger partial charge is 0.269 e. The van der Waals surface area contributed by atoms with Crippen molar-refractivity contribution in [3.63, 3.8) is 0 Å². The van der Waals surface area contributed by atoms with E-state index in [1.54, 1.807) is 13.2 Å². The Labute approximate surface area is 101 Å². The van der Waals surface area contributed by atoms with Crippen molar-refractivity contribution < 1.29 is 4.79 Å². The molecule has 1 aromatic carbocycles. The molecule has 0 aliphatic heterocycles. The summed E-state index contributed by atoms with van der Waals surface area (Å²) in [6.45, 7) is 0. The number of amides is 1. The summed E-state index contributed by atoms with van der Waals surface area (Å²) in [6.07, 6.45) is 1.63. The molecule has 0 aliphatic rings. The molecule has 0 unspecified atom stereocenters. The number of nitrogen functional groups attached to an aromatic ring is 1. The zero-order valence-electron chi connectivity index (χ0n) is 9.56. The number of carbonyl (C=O) groups is 1. The Morgan fingerprint density at radius 2 is 2.22 bits per heavy atom. The number of aromatic amines is 1. The molecule has 7 heteroatoms. The fourth-order valence-corrected chi connectivity index (χ4v) is 1.88. The minimum absolute atomic E-state index is 0.180. The number of hydrogen-bond donors (Lipinski definition) is 3. The number of aromatic nitrogens is 4. The van der Waals surface area contributed by atoms with E-state index in [1.807, 2.05) is 12.1 Å². The molecule has 0 aliphatic carbocycles. The van der Waals surface area contributed by atoms with Crippen LogP contribution in [0.1, 0.15) is 10.5 Å². The Morgan fingerprint density at radius 3 is 3.00 bits per heavy atom. The summed E-state index contributed by atoms with van der Waals surface area (Å²) >= 11 is 0. The number of rotatable bonds is 1. The lowest BCUT2D eigenvalue weighted by molar-refractivity contribution is 0.0959. The molecule has 3 aromatic rings. The summed E-state index contributed by atoms with van der Waals surface area (Å²) in [7, 11) is 1.57. The van der Waals surface area contributed by atoms with Gasteiger partial charge in [-0.3, -0.25) is 9.89 Å². The van der Waals surface area contributed by atoms with Crippen LogP contribution in [0.4, 0.5) is 5.95 Å². The Kier molecular flexibility index (Phi) is 2.12. The van der Waals surface area contributed by atoms with Gasteiger partial charge in [-0.2, -0.15) is 5.10 Å². The maximum absolute atomic E-state index is 11.7. The Bertz CT molecular complexity index is 763. The highest BCUT2D eigenvalue weighted by molar-refractivity contribution is 6.11. The van der Waals surface area contributed by atoms with Gasteiger partial charge in [0.1, 0.15) is 16.7 Å². The van der Waals surface area contributed by atoms with Crippen molar-refractivity contribution >= 4 is 33.7 Å². The number of anilines is 1. The van der Waals surface area contributed by atoms with Crippen molar-refractivity contribution in [1.82, 2.24) is 25.5 Å². The molecule has 0 atom stereocenters. The van der Waals surface area contributed by atoms with Crippen LogP contribution in [0.3, 0.4) is 0 Å². The van der Waals surface area contributed by atoms with Crippen molar-refractivity contribution in [3.8, 4) is 0 Å². The SMILES string of the molecule is CNC(=O)c1[nH]nc2c1ccc1cnc(N)nc12. The van der Waals surface area contributed by atoms with Gasteiger partial charge in [0, 0.05) is 24.0 Å². The van der Waals surface area contributed by atoms with E-state index in [1.165, 1.54) is 0 Å². The molecule has 2 aromatic heterocycles.